The van der Waals surface area contributed by atoms with Crippen molar-refractivity contribution in [2.45, 2.75) is 32.9 Å². The van der Waals surface area contributed by atoms with Crippen molar-refractivity contribution in [2.24, 2.45) is 4.99 Å². The van der Waals surface area contributed by atoms with Gasteiger partial charge in [-0.25, -0.2) is 4.99 Å². The first-order valence-corrected chi connectivity index (χ1v) is 9.30. The molecule has 3 rings (SSSR count). The van der Waals surface area contributed by atoms with Crippen LogP contribution in [0.5, 0.6) is 0 Å². The Bertz CT molecular complexity index is 913. The molecule has 0 aliphatic rings. The molecule has 0 amide bonds. The number of aliphatic hydroxyl groups is 1. The lowest BCUT2D eigenvalue weighted by atomic mass is 10.0. The Kier molecular flexibility index (Phi) is 6.16. The average molecular weight is 382 g/mol. The molecule has 28 heavy (non-hydrogen) atoms. The minimum atomic E-state index is -1.15. The Morgan fingerprint density at radius 2 is 1.96 bits per heavy atom. The second-order valence-electron chi connectivity index (χ2n) is 6.78. The van der Waals surface area contributed by atoms with Crippen molar-refractivity contribution in [2.75, 3.05) is 13.1 Å². The molecule has 3 aromatic rings. The maximum absolute atomic E-state index is 10.7. The Balaban J connectivity index is 1.63. The number of hydrogen-bond donors (Lipinski definition) is 3. The molecule has 0 aliphatic carbocycles. The normalized spacial score (nSPS) is 13.9. The van der Waals surface area contributed by atoms with Crippen molar-refractivity contribution < 1.29 is 14.0 Å². The lowest BCUT2D eigenvalue weighted by molar-refractivity contribution is 0.0378. The van der Waals surface area contributed by atoms with Gasteiger partial charge in [0, 0.05) is 18.2 Å². The summed E-state index contributed by atoms with van der Waals surface area (Å²) in [5.74, 6) is 2.56. The van der Waals surface area contributed by atoms with Crippen molar-refractivity contribution in [1.82, 2.24) is 15.8 Å². The highest BCUT2D eigenvalue weighted by molar-refractivity contribution is 5.79. The zero-order chi connectivity index (χ0) is 20.0. The van der Waals surface area contributed by atoms with Crippen molar-refractivity contribution in [3.8, 4) is 11.3 Å². The third-order valence-corrected chi connectivity index (χ3v) is 4.23. The number of nitrogens with zero attached hydrogens (tertiary/aromatic N) is 2. The first-order valence-electron chi connectivity index (χ1n) is 9.30. The van der Waals surface area contributed by atoms with E-state index in [1.54, 1.807) is 13.0 Å². The van der Waals surface area contributed by atoms with Crippen molar-refractivity contribution in [1.29, 1.82) is 0 Å². The van der Waals surface area contributed by atoms with E-state index in [1.165, 1.54) is 0 Å². The molecule has 3 N–H and O–H groups in total. The topological polar surface area (TPSA) is 95.8 Å². The molecule has 0 spiro atoms. The number of nitrogens with one attached hydrogen (secondary N) is 2. The van der Waals surface area contributed by atoms with Crippen LogP contribution in [0.25, 0.3) is 11.3 Å². The predicted octanol–water partition coefficient (Wildman–Crippen LogP) is 3.21. The summed E-state index contributed by atoms with van der Waals surface area (Å²) in [6, 6.07) is 15.3. The second-order valence-corrected chi connectivity index (χ2v) is 6.78. The molecular weight excluding hydrogens is 356 g/mol. The zero-order valence-electron chi connectivity index (χ0n) is 16.4. The Morgan fingerprint density at radius 3 is 2.64 bits per heavy atom. The van der Waals surface area contributed by atoms with Gasteiger partial charge in [0.15, 0.2) is 11.7 Å². The highest BCUT2D eigenvalue weighted by atomic mass is 16.5. The molecule has 1 atom stereocenters. The summed E-state index contributed by atoms with van der Waals surface area (Å²) < 4.78 is 10.9. The standard InChI is InChI=1S/C21H26N4O3/c1-4-22-20(24-14-21(3,26)19-11-10-15(2)27-19)23-13-17-12-18(28-25-17)16-8-6-5-7-9-16/h5-12,26H,4,13-14H2,1-3H3,(H2,22,23,24). The summed E-state index contributed by atoms with van der Waals surface area (Å²) in [5, 5.41) is 21.1. The quantitative estimate of drug-likeness (QED) is 0.429. The van der Waals surface area contributed by atoms with Gasteiger partial charge in [-0.15, -0.1) is 0 Å². The minimum absolute atomic E-state index is 0.250. The van der Waals surface area contributed by atoms with Crippen LogP contribution in [-0.2, 0) is 12.1 Å². The van der Waals surface area contributed by atoms with Crippen LogP contribution in [-0.4, -0.2) is 29.3 Å². The molecule has 7 nitrogen and oxygen atoms in total. The van der Waals surface area contributed by atoms with E-state index in [4.69, 9.17) is 8.94 Å². The van der Waals surface area contributed by atoms with E-state index in [1.807, 2.05) is 56.3 Å². The monoisotopic (exact) mass is 382 g/mol. The molecule has 7 heteroatoms. The third-order valence-electron chi connectivity index (χ3n) is 4.23. The van der Waals surface area contributed by atoms with Gasteiger partial charge in [-0.1, -0.05) is 35.5 Å². The highest BCUT2D eigenvalue weighted by Gasteiger charge is 2.27. The molecule has 2 heterocycles. The van der Waals surface area contributed by atoms with Crippen LogP contribution in [0.15, 0.2) is 62.5 Å². The lowest BCUT2D eigenvalue weighted by Gasteiger charge is -2.22. The number of guanidine groups is 1. The van der Waals surface area contributed by atoms with Gasteiger partial charge < -0.3 is 24.7 Å². The first-order chi connectivity index (χ1) is 13.5. The summed E-state index contributed by atoms with van der Waals surface area (Å²) in [5.41, 5.74) is 0.545. The summed E-state index contributed by atoms with van der Waals surface area (Å²) >= 11 is 0. The molecule has 0 aliphatic heterocycles. The minimum Gasteiger partial charge on any atom is -0.463 e. The van der Waals surface area contributed by atoms with E-state index in [0.29, 0.717) is 30.6 Å². The highest BCUT2D eigenvalue weighted by Crippen LogP contribution is 2.22. The van der Waals surface area contributed by atoms with Crippen LogP contribution in [0.3, 0.4) is 0 Å². The average Bonchev–Trinajstić information content (AvgIpc) is 3.34. The van der Waals surface area contributed by atoms with E-state index < -0.39 is 5.60 Å². The molecule has 1 unspecified atom stereocenters. The molecular formula is C21H26N4O3. The van der Waals surface area contributed by atoms with Crippen LogP contribution in [0.2, 0.25) is 0 Å². The van der Waals surface area contributed by atoms with Crippen LogP contribution < -0.4 is 10.6 Å². The van der Waals surface area contributed by atoms with Crippen LogP contribution >= 0.6 is 0 Å². The van der Waals surface area contributed by atoms with Gasteiger partial charge in [0.25, 0.3) is 0 Å². The van der Waals surface area contributed by atoms with Gasteiger partial charge in [-0.3, -0.25) is 0 Å². The Labute approximate surface area is 164 Å². The number of aromatic nitrogens is 1. The van der Waals surface area contributed by atoms with Gasteiger partial charge in [0.05, 0.1) is 13.1 Å². The summed E-state index contributed by atoms with van der Waals surface area (Å²) in [6.45, 7) is 6.83. The van der Waals surface area contributed by atoms with Crippen molar-refractivity contribution >= 4 is 5.96 Å². The maximum atomic E-state index is 10.7. The molecule has 1 aromatic carbocycles. The summed E-state index contributed by atoms with van der Waals surface area (Å²) in [6.07, 6.45) is 0. The smallest absolute Gasteiger partial charge is 0.191 e. The van der Waals surface area contributed by atoms with Gasteiger partial charge in [0.2, 0.25) is 0 Å². The number of furan rings is 1. The van der Waals surface area contributed by atoms with Crippen LogP contribution in [0.1, 0.15) is 31.1 Å². The molecule has 0 fully saturated rings. The number of aliphatic imine (C=N–C) groups is 1. The Hall–Kier alpha value is -3.06. The van der Waals surface area contributed by atoms with E-state index in [2.05, 4.69) is 20.8 Å². The van der Waals surface area contributed by atoms with Crippen molar-refractivity contribution in [3.05, 3.63) is 65.7 Å². The van der Waals surface area contributed by atoms with Crippen molar-refractivity contribution in [3.63, 3.8) is 0 Å². The SMILES string of the molecule is CCNC(=NCc1cc(-c2ccccc2)on1)NCC(C)(O)c1ccc(C)o1. The van der Waals surface area contributed by atoms with Crippen LogP contribution in [0.4, 0.5) is 0 Å². The fourth-order valence-electron chi connectivity index (χ4n) is 2.69. The maximum Gasteiger partial charge on any atom is 0.191 e. The molecule has 0 radical (unpaired) electrons. The van der Waals surface area contributed by atoms with Gasteiger partial charge >= 0.3 is 0 Å². The summed E-state index contributed by atoms with van der Waals surface area (Å²) in [7, 11) is 0. The predicted molar refractivity (Wildman–Crippen MR) is 108 cm³/mol. The third kappa shape index (κ3) is 5.01. The Morgan fingerprint density at radius 1 is 1.18 bits per heavy atom. The fourth-order valence-corrected chi connectivity index (χ4v) is 2.69. The number of aryl methyl sites for hydroxylation is 1. The van der Waals surface area contributed by atoms with E-state index in [-0.39, 0.29) is 6.54 Å². The van der Waals surface area contributed by atoms with Gasteiger partial charge in [-0.05, 0) is 32.9 Å². The van der Waals surface area contributed by atoms with Crippen LogP contribution in [0, 0.1) is 6.92 Å². The number of hydrogen-bond acceptors (Lipinski definition) is 5. The van der Waals surface area contributed by atoms with Gasteiger partial charge in [0.1, 0.15) is 22.8 Å². The molecule has 2 aromatic heterocycles. The second kappa shape index (κ2) is 8.75. The largest absolute Gasteiger partial charge is 0.463 e. The fraction of sp³-hybridized carbons (Fsp3) is 0.333. The molecule has 0 bridgehead atoms. The van der Waals surface area contributed by atoms with E-state index >= 15 is 0 Å². The van der Waals surface area contributed by atoms with Gasteiger partial charge in [-0.2, -0.15) is 0 Å². The summed E-state index contributed by atoms with van der Waals surface area (Å²) in [4.78, 5) is 4.52. The zero-order valence-corrected chi connectivity index (χ0v) is 16.4. The van der Waals surface area contributed by atoms with E-state index in [0.717, 1.165) is 17.0 Å². The molecule has 0 saturated carbocycles. The number of rotatable bonds is 7. The lowest BCUT2D eigenvalue weighted by Crippen LogP contribution is -2.44. The first kappa shape index (κ1) is 19.7. The molecule has 148 valence electrons. The number of benzene rings is 1. The molecule has 0 saturated heterocycles. The van der Waals surface area contributed by atoms with E-state index in [9.17, 15) is 5.11 Å².